The van der Waals surface area contributed by atoms with Crippen LogP contribution >= 0.6 is 0 Å². The van der Waals surface area contributed by atoms with Gasteiger partial charge in [0.25, 0.3) is 0 Å². The van der Waals surface area contributed by atoms with Crippen molar-refractivity contribution < 1.29 is 9.84 Å². The van der Waals surface area contributed by atoms with E-state index in [1.165, 1.54) is 57.1 Å². The monoisotopic (exact) mass is 517 g/mol. The maximum atomic E-state index is 10.9. The summed E-state index contributed by atoms with van der Waals surface area (Å²) in [6.45, 7) is 7.31. The zero-order valence-electron chi connectivity index (χ0n) is 23.2. The molecule has 2 saturated heterocycles. The van der Waals surface area contributed by atoms with Gasteiger partial charge >= 0.3 is 0 Å². The summed E-state index contributed by atoms with van der Waals surface area (Å²) in [7, 11) is 0. The molecule has 0 aromatic heterocycles. The number of piperidine rings is 1. The number of benzene rings is 2. The molecule has 5 nitrogen and oxygen atoms in total. The van der Waals surface area contributed by atoms with Crippen molar-refractivity contribution in [2.24, 2.45) is 0 Å². The molecule has 3 atom stereocenters. The topological polar surface area (TPSA) is 48.0 Å². The van der Waals surface area contributed by atoms with Crippen molar-refractivity contribution in [2.75, 3.05) is 44.2 Å². The van der Waals surface area contributed by atoms with Crippen molar-refractivity contribution in [3.63, 3.8) is 0 Å². The molecule has 2 aromatic carbocycles. The number of nitrogens with zero attached hydrogens (tertiary/aromatic N) is 2. The summed E-state index contributed by atoms with van der Waals surface area (Å²) < 4.78 is 6.13. The van der Waals surface area contributed by atoms with E-state index in [2.05, 4.69) is 64.5 Å². The highest BCUT2D eigenvalue weighted by atomic mass is 16.5. The maximum Gasteiger partial charge on any atom is 0.126 e. The number of β-amino-alcohol motifs (C(OH)–C–C–N with tert-alkyl or cyclic N) is 1. The van der Waals surface area contributed by atoms with Gasteiger partial charge in [0.15, 0.2) is 0 Å². The fourth-order valence-corrected chi connectivity index (χ4v) is 6.54. The quantitative estimate of drug-likeness (QED) is 0.438. The van der Waals surface area contributed by atoms with Gasteiger partial charge in [-0.1, -0.05) is 74.2 Å². The predicted octanol–water partition coefficient (Wildman–Crippen LogP) is 5.84. The average Bonchev–Trinajstić information content (AvgIpc) is 2.97. The fourth-order valence-electron chi connectivity index (χ4n) is 6.54. The first-order valence-corrected chi connectivity index (χ1v) is 15.1. The molecular formula is C33H47N3O2. The van der Waals surface area contributed by atoms with Crippen LogP contribution in [0.25, 0.3) is 6.08 Å². The molecule has 0 radical (unpaired) electrons. The van der Waals surface area contributed by atoms with Crippen LogP contribution in [0.1, 0.15) is 75.3 Å². The third-order valence-corrected chi connectivity index (χ3v) is 8.74. The number of para-hydroxylation sites is 2. The van der Waals surface area contributed by atoms with Gasteiger partial charge < -0.3 is 20.1 Å². The van der Waals surface area contributed by atoms with Crippen LogP contribution in [0.5, 0.6) is 5.75 Å². The molecule has 2 heterocycles. The van der Waals surface area contributed by atoms with Gasteiger partial charge in [0, 0.05) is 49.5 Å². The Morgan fingerprint density at radius 3 is 2.58 bits per heavy atom. The second kappa shape index (κ2) is 13.6. The second-order valence-corrected chi connectivity index (χ2v) is 11.6. The summed E-state index contributed by atoms with van der Waals surface area (Å²) in [5.41, 5.74) is 4.06. The van der Waals surface area contributed by atoms with Crippen molar-refractivity contribution in [2.45, 2.75) is 82.4 Å². The van der Waals surface area contributed by atoms with Gasteiger partial charge in [-0.3, -0.25) is 4.90 Å². The van der Waals surface area contributed by atoms with E-state index >= 15 is 0 Å². The van der Waals surface area contributed by atoms with Crippen LogP contribution in [0.3, 0.4) is 0 Å². The lowest BCUT2D eigenvalue weighted by molar-refractivity contribution is 0.0511. The third-order valence-electron chi connectivity index (χ3n) is 8.74. The number of hydrogen-bond donors (Lipinski definition) is 2. The molecule has 2 aliphatic heterocycles. The number of ether oxygens (including phenoxy) is 1. The van der Waals surface area contributed by atoms with Gasteiger partial charge in [0.05, 0.1) is 0 Å². The molecule has 3 aliphatic rings. The summed E-state index contributed by atoms with van der Waals surface area (Å²) in [6, 6.07) is 18.1. The molecular weight excluding hydrogens is 470 g/mol. The standard InChI is InChI=1S/C33H47N3O2/c1-26-23-36(32-16-7-6-15-31(32)27-11-3-2-4-12-27)22-21-35(26)24-30(37)25-38-33-17-8-5-13-28(33)18-19-29-14-9-10-20-34-29/h5-8,13,15-19,26-27,29-30,34,37H,2-4,9-12,14,20-25H2,1H3/b19-18+. The molecule has 206 valence electrons. The van der Waals surface area contributed by atoms with Crippen molar-refractivity contribution in [1.82, 2.24) is 10.2 Å². The van der Waals surface area contributed by atoms with Crippen LogP contribution in [0.4, 0.5) is 5.69 Å². The van der Waals surface area contributed by atoms with Gasteiger partial charge in [0.1, 0.15) is 18.5 Å². The van der Waals surface area contributed by atoms with Crippen molar-refractivity contribution in [1.29, 1.82) is 0 Å². The Labute approximate surface area is 229 Å². The first kappa shape index (κ1) is 27.2. The van der Waals surface area contributed by atoms with Crippen LogP contribution in [0.2, 0.25) is 0 Å². The van der Waals surface area contributed by atoms with Crippen molar-refractivity contribution in [3.05, 3.63) is 65.7 Å². The van der Waals surface area contributed by atoms with Crippen LogP contribution in [0.15, 0.2) is 54.6 Å². The highest BCUT2D eigenvalue weighted by Crippen LogP contribution is 2.38. The molecule has 0 amide bonds. The fraction of sp³-hybridized carbons (Fsp3) is 0.576. The zero-order valence-corrected chi connectivity index (χ0v) is 23.2. The Morgan fingerprint density at radius 1 is 0.974 bits per heavy atom. The van der Waals surface area contributed by atoms with E-state index in [4.69, 9.17) is 4.74 Å². The van der Waals surface area contributed by atoms with Crippen LogP contribution in [-0.2, 0) is 0 Å². The lowest BCUT2D eigenvalue weighted by Crippen LogP contribution is -2.54. The molecule has 5 rings (SSSR count). The minimum atomic E-state index is -0.518. The van der Waals surface area contributed by atoms with E-state index in [0.717, 1.165) is 37.5 Å². The maximum absolute atomic E-state index is 10.9. The smallest absolute Gasteiger partial charge is 0.126 e. The molecule has 1 aliphatic carbocycles. The Morgan fingerprint density at radius 2 is 1.76 bits per heavy atom. The van der Waals surface area contributed by atoms with Gasteiger partial charge in [0.2, 0.25) is 0 Å². The van der Waals surface area contributed by atoms with Crippen molar-refractivity contribution >= 4 is 11.8 Å². The van der Waals surface area contributed by atoms with Crippen LogP contribution in [0, 0.1) is 0 Å². The Hall–Kier alpha value is -2.34. The number of hydrogen-bond acceptors (Lipinski definition) is 5. The van der Waals surface area contributed by atoms with Gasteiger partial charge in [-0.25, -0.2) is 0 Å². The van der Waals surface area contributed by atoms with E-state index in [9.17, 15) is 5.11 Å². The molecule has 1 saturated carbocycles. The number of anilines is 1. The zero-order chi connectivity index (χ0) is 26.2. The molecule has 5 heteroatoms. The summed E-state index contributed by atoms with van der Waals surface area (Å²) in [6.07, 6.45) is 14.4. The second-order valence-electron chi connectivity index (χ2n) is 11.6. The minimum absolute atomic E-state index is 0.310. The molecule has 38 heavy (non-hydrogen) atoms. The number of aliphatic hydroxyl groups is 1. The summed E-state index contributed by atoms with van der Waals surface area (Å²) in [5, 5.41) is 14.5. The first-order chi connectivity index (χ1) is 18.7. The van der Waals surface area contributed by atoms with E-state index < -0.39 is 6.10 Å². The number of piperazine rings is 1. The average molecular weight is 518 g/mol. The van der Waals surface area contributed by atoms with E-state index in [0.29, 0.717) is 31.2 Å². The third kappa shape index (κ3) is 7.19. The SMILES string of the molecule is CC1CN(c2ccccc2C2CCCCC2)CCN1CC(O)COc1ccccc1/C=C/C1CCCCN1. The van der Waals surface area contributed by atoms with Gasteiger partial charge in [-0.2, -0.15) is 0 Å². The Bertz CT molecular complexity index is 1030. The van der Waals surface area contributed by atoms with E-state index in [1.54, 1.807) is 5.56 Å². The molecule has 2 aromatic rings. The molecule has 0 bridgehead atoms. The molecule has 2 N–H and O–H groups in total. The summed E-state index contributed by atoms with van der Waals surface area (Å²) in [4.78, 5) is 5.01. The number of rotatable bonds is 9. The van der Waals surface area contributed by atoms with Crippen molar-refractivity contribution in [3.8, 4) is 5.75 Å². The summed E-state index contributed by atoms with van der Waals surface area (Å²) >= 11 is 0. The molecule has 3 fully saturated rings. The lowest BCUT2D eigenvalue weighted by Gasteiger charge is -2.43. The van der Waals surface area contributed by atoms with Crippen LogP contribution in [-0.4, -0.2) is 67.5 Å². The normalized spacial score (nSPS) is 24.5. The Balaban J connectivity index is 1.13. The van der Waals surface area contributed by atoms with Gasteiger partial charge in [-0.15, -0.1) is 0 Å². The van der Waals surface area contributed by atoms with Gasteiger partial charge in [-0.05, 0) is 62.8 Å². The minimum Gasteiger partial charge on any atom is -0.490 e. The molecule has 3 unspecified atom stereocenters. The number of aliphatic hydroxyl groups excluding tert-OH is 1. The van der Waals surface area contributed by atoms with E-state index in [1.807, 2.05) is 18.2 Å². The predicted molar refractivity (Wildman–Crippen MR) is 158 cm³/mol. The largest absolute Gasteiger partial charge is 0.490 e. The highest BCUT2D eigenvalue weighted by molar-refractivity contribution is 5.58. The molecule has 0 spiro atoms. The lowest BCUT2D eigenvalue weighted by atomic mass is 9.83. The first-order valence-electron chi connectivity index (χ1n) is 15.1. The van der Waals surface area contributed by atoms with Crippen LogP contribution < -0.4 is 15.0 Å². The summed E-state index contributed by atoms with van der Waals surface area (Å²) in [5.74, 6) is 1.56. The van der Waals surface area contributed by atoms with E-state index in [-0.39, 0.29) is 0 Å². The highest BCUT2D eigenvalue weighted by Gasteiger charge is 2.28. The number of nitrogens with one attached hydrogen (secondary N) is 1. The Kier molecular flexibility index (Phi) is 9.77.